The zero-order chi connectivity index (χ0) is 13.1. The molecule has 0 spiro atoms. The van der Waals surface area contributed by atoms with E-state index in [0.29, 0.717) is 6.54 Å². The van der Waals surface area contributed by atoms with E-state index in [1.165, 1.54) is 0 Å². The number of H-pyrrole nitrogens is 1. The maximum Gasteiger partial charge on any atom is 0.247 e. The quantitative estimate of drug-likeness (QED) is 0.880. The van der Waals surface area contributed by atoms with Crippen LogP contribution >= 0.6 is 0 Å². The van der Waals surface area contributed by atoms with Crippen molar-refractivity contribution in [3.05, 3.63) is 35.9 Å². The molecule has 2 rings (SSSR count). The predicted molar refractivity (Wildman–Crippen MR) is 66.7 cm³/mol. The Bertz CT molecular complexity index is 516. The molecule has 0 bridgehead atoms. The standard InChI is InChI=1S/C12H17N5O/c1-9-6-14-17(7-9)10(2)12(18)16(3)8-11-4-5-13-15-11/h4-7,10H,8H2,1-3H3,(H,13,15). The summed E-state index contributed by atoms with van der Waals surface area (Å²) in [7, 11) is 1.77. The second-order valence-corrected chi connectivity index (χ2v) is 4.45. The van der Waals surface area contributed by atoms with Gasteiger partial charge in [0.05, 0.1) is 18.4 Å². The van der Waals surface area contributed by atoms with Crippen LogP contribution in [0.4, 0.5) is 0 Å². The molecule has 0 aliphatic heterocycles. The lowest BCUT2D eigenvalue weighted by Gasteiger charge is -2.20. The lowest BCUT2D eigenvalue weighted by Crippen LogP contribution is -2.33. The van der Waals surface area contributed by atoms with Crippen LogP contribution in [0, 0.1) is 6.92 Å². The molecule has 0 aliphatic rings. The summed E-state index contributed by atoms with van der Waals surface area (Å²) in [6.45, 7) is 4.32. The SMILES string of the molecule is Cc1cnn(C(C)C(=O)N(C)Cc2ccn[nH]2)c1. The summed E-state index contributed by atoms with van der Waals surface area (Å²) in [5.41, 5.74) is 1.96. The fourth-order valence-corrected chi connectivity index (χ4v) is 1.78. The highest BCUT2D eigenvalue weighted by Gasteiger charge is 2.20. The Balaban J connectivity index is 2.02. The van der Waals surface area contributed by atoms with Crippen LogP contribution in [0.1, 0.15) is 24.2 Å². The topological polar surface area (TPSA) is 66.8 Å². The Labute approximate surface area is 106 Å². The van der Waals surface area contributed by atoms with Gasteiger partial charge in [0, 0.05) is 19.4 Å². The minimum atomic E-state index is -0.299. The van der Waals surface area contributed by atoms with Crippen LogP contribution in [-0.4, -0.2) is 37.8 Å². The summed E-state index contributed by atoms with van der Waals surface area (Å²) in [6.07, 6.45) is 5.29. The first kappa shape index (κ1) is 12.3. The van der Waals surface area contributed by atoms with Crippen LogP contribution in [0.25, 0.3) is 0 Å². The van der Waals surface area contributed by atoms with Crippen molar-refractivity contribution < 1.29 is 4.79 Å². The Morgan fingerprint density at radius 2 is 2.39 bits per heavy atom. The van der Waals surface area contributed by atoms with Gasteiger partial charge in [-0.1, -0.05) is 0 Å². The molecule has 2 aromatic rings. The molecule has 2 heterocycles. The fraction of sp³-hybridized carbons (Fsp3) is 0.417. The van der Waals surface area contributed by atoms with Gasteiger partial charge in [0.1, 0.15) is 6.04 Å². The second-order valence-electron chi connectivity index (χ2n) is 4.45. The molecule has 1 unspecified atom stereocenters. The molecule has 1 atom stereocenters. The van der Waals surface area contributed by atoms with Crippen molar-refractivity contribution in [1.29, 1.82) is 0 Å². The number of rotatable bonds is 4. The van der Waals surface area contributed by atoms with E-state index < -0.39 is 0 Å². The van der Waals surface area contributed by atoms with E-state index >= 15 is 0 Å². The van der Waals surface area contributed by atoms with Crippen LogP contribution in [0.2, 0.25) is 0 Å². The van der Waals surface area contributed by atoms with Gasteiger partial charge in [-0.05, 0) is 25.5 Å². The molecular weight excluding hydrogens is 230 g/mol. The highest BCUT2D eigenvalue weighted by Crippen LogP contribution is 2.10. The van der Waals surface area contributed by atoms with E-state index in [4.69, 9.17) is 0 Å². The molecule has 6 heteroatoms. The van der Waals surface area contributed by atoms with Crippen LogP contribution in [0.3, 0.4) is 0 Å². The Morgan fingerprint density at radius 1 is 1.61 bits per heavy atom. The van der Waals surface area contributed by atoms with Crippen LogP contribution in [0.15, 0.2) is 24.7 Å². The summed E-state index contributed by atoms with van der Waals surface area (Å²) in [5.74, 6) is 0.0210. The molecule has 0 saturated heterocycles. The van der Waals surface area contributed by atoms with Gasteiger partial charge in [-0.2, -0.15) is 10.2 Å². The van der Waals surface area contributed by atoms with Crippen molar-refractivity contribution in [1.82, 2.24) is 24.9 Å². The van der Waals surface area contributed by atoms with Gasteiger partial charge < -0.3 is 4.90 Å². The number of aromatic amines is 1. The first-order valence-corrected chi connectivity index (χ1v) is 5.82. The van der Waals surface area contributed by atoms with Gasteiger partial charge in [0.25, 0.3) is 0 Å². The molecule has 6 nitrogen and oxygen atoms in total. The van der Waals surface area contributed by atoms with Crippen molar-refractivity contribution in [3.8, 4) is 0 Å². The number of hydrogen-bond acceptors (Lipinski definition) is 3. The maximum absolute atomic E-state index is 12.2. The Hall–Kier alpha value is -2.11. The molecule has 0 fully saturated rings. The van der Waals surface area contributed by atoms with E-state index in [1.807, 2.05) is 26.1 Å². The molecule has 2 aromatic heterocycles. The van der Waals surface area contributed by atoms with E-state index in [9.17, 15) is 4.79 Å². The summed E-state index contributed by atoms with van der Waals surface area (Å²) in [5, 5.41) is 10.9. The number of carbonyl (C=O) groups is 1. The van der Waals surface area contributed by atoms with Gasteiger partial charge in [0.2, 0.25) is 5.91 Å². The predicted octanol–water partition coefficient (Wildman–Crippen LogP) is 1.13. The molecule has 1 amide bonds. The average Bonchev–Trinajstić information content (AvgIpc) is 2.98. The number of nitrogens with one attached hydrogen (secondary N) is 1. The van der Waals surface area contributed by atoms with Crippen LogP contribution in [-0.2, 0) is 11.3 Å². The van der Waals surface area contributed by atoms with E-state index in [0.717, 1.165) is 11.3 Å². The monoisotopic (exact) mass is 247 g/mol. The number of hydrogen-bond donors (Lipinski definition) is 1. The zero-order valence-electron chi connectivity index (χ0n) is 10.8. The number of amides is 1. The largest absolute Gasteiger partial charge is 0.338 e. The summed E-state index contributed by atoms with van der Waals surface area (Å²) in [4.78, 5) is 13.9. The zero-order valence-corrected chi connectivity index (χ0v) is 10.8. The van der Waals surface area contributed by atoms with Crippen molar-refractivity contribution in [2.24, 2.45) is 0 Å². The Morgan fingerprint density at radius 3 is 2.94 bits per heavy atom. The van der Waals surface area contributed by atoms with Gasteiger partial charge in [-0.15, -0.1) is 0 Å². The van der Waals surface area contributed by atoms with Crippen LogP contribution < -0.4 is 0 Å². The minimum absolute atomic E-state index is 0.0210. The normalized spacial score (nSPS) is 12.4. The maximum atomic E-state index is 12.2. The third kappa shape index (κ3) is 2.58. The smallest absolute Gasteiger partial charge is 0.247 e. The molecular formula is C12H17N5O. The number of aromatic nitrogens is 4. The molecule has 1 N–H and O–H groups in total. The minimum Gasteiger partial charge on any atom is -0.338 e. The summed E-state index contributed by atoms with van der Waals surface area (Å²) in [6, 6.07) is 1.55. The lowest BCUT2D eigenvalue weighted by molar-refractivity contribution is -0.133. The number of carbonyl (C=O) groups excluding carboxylic acids is 1. The van der Waals surface area contributed by atoms with E-state index in [1.54, 1.807) is 29.0 Å². The fourth-order valence-electron chi connectivity index (χ4n) is 1.78. The van der Waals surface area contributed by atoms with Crippen molar-refractivity contribution in [2.75, 3.05) is 7.05 Å². The third-order valence-electron chi connectivity index (χ3n) is 2.83. The summed E-state index contributed by atoms with van der Waals surface area (Å²) >= 11 is 0. The second kappa shape index (κ2) is 5.03. The van der Waals surface area contributed by atoms with Crippen molar-refractivity contribution in [3.63, 3.8) is 0 Å². The first-order chi connectivity index (χ1) is 8.58. The number of nitrogens with zero attached hydrogens (tertiary/aromatic N) is 4. The molecule has 0 aliphatic carbocycles. The first-order valence-electron chi connectivity index (χ1n) is 5.82. The van der Waals surface area contributed by atoms with Gasteiger partial charge in [0.15, 0.2) is 0 Å². The van der Waals surface area contributed by atoms with Gasteiger partial charge >= 0.3 is 0 Å². The Kier molecular flexibility index (Phi) is 3.45. The summed E-state index contributed by atoms with van der Waals surface area (Å²) < 4.78 is 1.68. The molecule has 96 valence electrons. The molecule has 18 heavy (non-hydrogen) atoms. The number of likely N-dealkylation sites (N-methyl/N-ethyl adjacent to an activating group) is 1. The van der Waals surface area contributed by atoms with Crippen molar-refractivity contribution in [2.45, 2.75) is 26.4 Å². The highest BCUT2D eigenvalue weighted by atomic mass is 16.2. The van der Waals surface area contributed by atoms with E-state index in [-0.39, 0.29) is 11.9 Å². The van der Waals surface area contributed by atoms with Crippen LogP contribution in [0.5, 0.6) is 0 Å². The highest BCUT2D eigenvalue weighted by molar-refractivity contribution is 5.79. The van der Waals surface area contributed by atoms with E-state index in [2.05, 4.69) is 15.3 Å². The number of aryl methyl sites for hydroxylation is 1. The van der Waals surface area contributed by atoms with Crippen molar-refractivity contribution >= 4 is 5.91 Å². The van der Waals surface area contributed by atoms with Gasteiger partial charge in [-0.25, -0.2) is 0 Å². The molecule has 0 saturated carbocycles. The third-order valence-corrected chi connectivity index (χ3v) is 2.83. The lowest BCUT2D eigenvalue weighted by atomic mass is 10.3. The van der Waals surface area contributed by atoms with Gasteiger partial charge in [-0.3, -0.25) is 14.6 Å². The molecule has 0 radical (unpaired) electrons. The average molecular weight is 247 g/mol. The molecule has 0 aromatic carbocycles.